The van der Waals surface area contributed by atoms with Gasteiger partial charge in [-0.1, -0.05) is 51.0 Å². The highest BCUT2D eigenvalue weighted by molar-refractivity contribution is 6.26. The molecule has 17 heavy (non-hydrogen) atoms. The molecule has 2 nitrogen and oxygen atoms in total. The lowest BCUT2D eigenvalue weighted by Gasteiger charge is -2.18. The topological polar surface area (TPSA) is 34.1 Å². The largest absolute Gasteiger partial charge is 0.293 e. The molecule has 0 aliphatic heterocycles. The molecule has 1 atom stereocenters. The van der Waals surface area contributed by atoms with Crippen molar-refractivity contribution in [3.05, 3.63) is 35.4 Å². The van der Waals surface area contributed by atoms with Crippen molar-refractivity contribution < 1.29 is 9.59 Å². The maximum absolute atomic E-state index is 12.3. The van der Waals surface area contributed by atoms with Gasteiger partial charge in [0.15, 0.2) is 11.6 Å². The van der Waals surface area contributed by atoms with Gasteiger partial charge in [-0.3, -0.25) is 9.59 Å². The fourth-order valence-corrected chi connectivity index (χ4v) is 2.77. The van der Waals surface area contributed by atoms with Gasteiger partial charge < -0.3 is 0 Å². The first-order valence-electron chi connectivity index (χ1n) is 6.38. The van der Waals surface area contributed by atoms with Crippen LogP contribution < -0.4 is 0 Å². The third-order valence-electron chi connectivity index (χ3n) is 3.68. The Labute approximate surface area is 102 Å². The van der Waals surface area contributed by atoms with Crippen LogP contribution in [0.1, 0.15) is 53.8 Å². The van der Waals surface area contributed by atoms with E-state index in [0.717, 1.165) is 19.3 Å². The van der Waals surface area contributed by atoms with E-state index in [9.17, 15) is 9.59 Å². The van der Waals surface area contributed by atoms with Crippen LogP contribution >= 0.6 is 0 Å². The summed E-state index contributed by atoms with van der Waals surface area (Å²) < 4.78 is 0. The van der Waals surface area contributed by atoms with Crippen molar-refractivity contribution >= 4 is 11.6 Å². The summed E-state index contributed by atoms with van der Waals surface area (Å²) in [5.41, 5.74) is 1.24. The molecule has 0 saturated carbocycles. The summed E-state index contributed by atoms with van der Waals surface area (Å²) in [4.78, 5) is 24.5. The molecule has 0 bridgehead atoms. The average Bonchev–Trinajstić information content (AvgIpc) is 2.61. The third-order valence-corrected chi connectivity index (χ3v) is 3.68. The highest BCUT2D eigenvalue weighted by atomic mass is 16.2. The number of ketones is 2. The maximum Gasteiger partial charge on any atom is 0.174 e. The van der Waals surface area contributed by atoms with Gasteiger partial charge in [-0.05, 0) is 12.3 Å². The Kier molecular flexibility index (Phi) is 3.41. The minimum Gasteiger partial charge on any atom is -0.293 e. The Morgan fingerprint density at radius 1 is 1.06 bits per heavy atom. The quantitative estimate of drug-likeness (QED) is 0.742. The fourth-order valence-electron chi connectivity index (χ4n) is 2.77. The van der Waals surface area contributed by atoms with Crippen molar-refractivity contribution in [2.75, 3.05) is 0 Å². The van der Waals surface area contributed by atoms with Crippen LogP contribution in [0, 0.1) is 11.8 Å². The van der Waals surface area contributed by atoms with Gasteiger partial charge in [0.25, 0.3) is 0 Å². The Morgan fingerprint density at radius 2 is 1.59 bits per heavy atom. The van der Waals surface area contributed by atoms with Crippen molar-refractivity contribution in [1.29, 1.82) is 0 Å². The minimum absolute atomic E-state index is 0.0332. The second-order valence-corrected chi connectivity index (χ2v) is 4.71. The second-order valence-electron chi connectivity index (χ2n) is 4.71. The number of benzene rings is 1. The van der Waals surface area contributed by atoms with Crippen molar-refractivity contribution in [1.82, 2.24) is 0 Å². The number of hydrogen-bond donors (Lipinski definition) is 0. The average molecular weight is 230 g/mol. The van der Waals surface area contributed by atoms with Gasteiger partial charge >= 0.3 is 0 Å². The molecule has 1 unspecified atom stereocenters. The minimum atomic E-state index is -0.419. The molecule has 1 aliphatic carbocycles. The smallest absolute Gasteiger partial charge is 0.174 e. The zero-order valence-electron chi connectivity index (χ0n) is 10.4. The van der Waals surface area contributed by atoms with Crippen molar-refractivity contribution in [3.8, 4) is 0 Å². The van der Waals surface area contributed by atoms with Gasteiger partial charge in [0.05, 0.1) is 5.92 Å². The van der Waals surface area contributed by atoms with E-state index in [1.54, 1.807) is 12.1 Å². The van der Waals surface area contributed by atoms with E-state index < -0.39 is 5.92 Å². The van der Waals surface area contributed by atoms with Crippen LogP contribution in [0.4, 0.5) is 0 Å². The molecule has 1 aromatic carbocycles. The van der Waals surface area contributed by atoms with Gasteiger partial charge in [0, 0.05) is 11.1 Å². The summed E-state index contributed by atoms with van der Waals surface area (Å²) in [7, 11) is 0. The highest BCUT2D eigenvalue weighted by Gasteiger charge is 2.41. The SMILES string of the molecule is CCCC(CC)C1C(=O)c2ccccc2C1=O. The first kappa shape index (κ1) is 12.0. The number of hydrogen-bond acceptors (Lipinski definition) is 2. The van der Waals surface area contributed by atoms with Crippen LogP contribution in [0.15, 0.2) is 24.3 Å². The third kappa shape index (κ3) is 1.92. The molecule has 0 aromatic heterocycles. The van der Waals surface area contributed by atoms with E-state index in [0.29, 0.717) is 11.1 Å². The molecule has 0 saturated heterocycles. The van der Waals surface area contributed by atoms with Gasteiger partial charge in [-0.15, -0.1) is 0 Å². The van der Waals surface area contributed by atoms with Gasteiger partial charge in [0.1, 0.15) is 0 Å². The Balaban J connectivity index is 2.35. The highest BCUT2D eigenvalue weighted by Crippen LogP contribution is 2.34. The normalized spacial score (nSPS) is 17.3. The number of Topliss-reactive ketones (excluding diaryl/α,β-unsaturated/α-hetero) is 2. The lowest BCUT2D eigenvalue weighted by atomic mass is 9.83. The molecule has 0 radical (unpaired) electrons. The molecule has 0 amide bonds. The van der Waals surface area contributed by atoms with Crippen molar-refractivity contribution in [3.63, 3.8) is 0 Å². The van der Waals surface area contributed by atoms with Crippen LogP contribution in [0.5, 0.6) is 0 Å². The number of rotatable bonds is 4. The zero-order chi connectivity index (χ0) is 12.4. The Hall–Kier alpha value is -1.44. The predicted molar refractivity (Wildman–Crippen MR) is 67.3 cm³/mol. The summed E-state index contributed by atoms with van der Waals surface area (Å²) in [6.07, 6.45) is 2.86. The number of fused-ring (bicyclic) bond motifs is 1. The van der Waals surface area contributed by atoms with Crippen LogP contribution in [-0.4, -0.2) is 11.6 Å². The molecule has 2 heteroatoms. The lowest BCUT2D eigenvalue weighted by Crippen LogP contribution is -2.24. The van der Waals surface area contributed by atoms with E-state index in [2.05, 4.69) is 13.8 Å². The molecule has 0 spiro atoms. The summed E-state index contributed by atoms with van der Waals surface area (Å²) >= 11 is 0. The molecule has 0 heterocycles. The van der Waals surface area contributed by atoms with E-state index in [-0.39, 0.29) is 17.5 Å². The Bertz CT molecular complexity index is 413. The van der Waals surface area contributed by atoms with Crippen LogP contribution in [0.3, 0.4) is 0 Å². The maximum atomic E-state index is 12.3. The summed E-state index contributed by atoms with van der Waals surface area (Å²) in [5, 5.41) is 0. The van der Waals surface area contributed by atoms with Crippen LogP contribution in [0.25, 0.3) is 0 Å². The molecular formula is C15H18O2. The summed E-state index contributed by atoms with van der Waals surface area (Å²) in [6.45, 7) is 4.16. The number of carbonyl (C=O) groups excluding carboxylic acids is 2. The lowest BCUT2D eigenvalue weighted by molar-refractivity contribution is 0.0774. The molecular weight excluding hydrogens is 212 g/mol. The van der Waals surface area contributed by atoms with E-state index in [1.807, 2.05) is 12.1 Å². The van der Waals surface area contributed by atoms with E-state index >= 15 is 0 Å². The molecule has 2 rings (SSSR count). The van der Waals surface area contributed by atoms with E-state index in [4.69, 9.17) is 0 Å². The summed E-state index contributed by atoms with van der Waals surface area (Å²) in [5.74, 6) is -0.151. The van der Waals surface area contributed by atoms with Gasteiger partial charge in [-0.2, -0.15) is 0 Å². The summed E-state index contributed by atoms with van der Waals surface area (Å²) in [6, 6.07) is 7.20. The Morgan fingerprint density at radius 3 is 2.00 bits per heavy atom. The zero-order valence-corrected chi connectivity index (χ0v) is 10.4. The molecule has 90 valence electrons. The van der Waals surface area contributed by atoms with Crippen LogP contribution in [0.2, 0.25) is 0 Å². The second kappa shape index (κ2) is 4.82. The number of carbonyl (C=O) groups is 2. The van der Waals surface area contributed by atoms with E-state index in [1.165, 1.54) is 0 Å². The molecule has 1 aromatic rings. The van der Waals surface area contributed by atoms with Gasteiger partial charge in [-0.25, -0.2) is 0 Å². The standard InChI is InChI=1S/C15H18O2/c1-3-7-10(4-2)13-14(16)11-8-5-6-9-12(11)15(13)17/h5-6,8-10,13H,3-4,7H2,1-2H3. The monoisotopic (exact) mass is 230 g/mol. The van der Waals surface area contributed by atoms with Crippen molar-refractivity contribution in [2.45, 2.75) is 33.1 Å². The molecule has 0 fully saturated rings. The first-order valence-corrected chi connectivity index (χ1v) is 6.38. The molecule has 0 N–H and O–H groups in total. The van der Waals surface area contributed by atoms with Crippen LogP contribution in [-0.2, 0) is 0 Å². The fraction of sp³-hybridized carbons (Fsp3) is 0.467. The molecule has 1 aliphatic rings. The van der Waals surface area contributed by atoms with Gasteiger partial charge in [0.2, 0.25) is 0 Å². The first-order chi connectivity index (χ1) is 8.20. The predicted octanol–water partition coefficient (Wildman–Crippen LogP) is 3.51. The van der Waals surface area contributed by atoms with Crippen molar-refractivity contribution in [2.24, 2.45) is 11.8 Å².